The average molecular weight is 374 g/mol. The van der Waals surface area contributed by atoms with Crippen LogP contribution in [-0.4, -0.2) is 10.4 Å². The number of aliphatic imine (C=N–C) groups is 1. The van der Waals surface area contributed by atoms with Crippen LogP contribution in [0.2, 0.25) is 0 Å². The van der Waals surface area contributed by atoms with Crippen LogP contribution in [0.4, 0.5) is 5.69 Å². The Bertz CT molecular complexity index is 1000. The molecule has 0 radical (unpaired) electrons. The largest absolute Gasteiger partial charge is 0.298 e. The van der Waals surface area contributed by atoms with E-state index in [2.05, 4.69) is 109 Å². The Kier molecular flexibility index (Phi) is 5.29. The van der Waals surface area contributed by atoms with Gasteiger partial charge in [-0.2, -0.15) is 0 Å². The van der Waals surface area contributed by atoms with E-state index in [1.165, 1.54) is 33.5 Å². The maximum absolute atomic E-state index is 5.10. The summed E-state index contributed by atoms with van der Waals surface area (Å²) in [5.41, 5.74) is 8.26. The predicted molar refractivity (Wildman–Crippen MR) is 117 cm³/mol. The SMILES string of the molecule is Cc1cc(C)c(-[n+]2[c-]n(C(=Nc3c(C)cccc3C)C(C)(C)C)cc2)c(C)c1. The van der Waals surface area contributed by atoms with E-state index in [-0.39, 0.29) is 5.41 Å². The van der Waals surface area contributed by atoms with Gasteiger partial charge in [0, 0.05) is 17.8 Å². The van der Waals surface area contributed by atoms with E-state index in [4.69, 9.17) is 4.99 Å². The van der Waals surface area contributed by atoms with Crippen LogP contribution in [0.15, 0.2) is 47.7 Å². The highest BCUT2D eigenvalue weighted by Crippen LogP contribution is 2.27. The van der Waals surface area contributed by atoms with E-state index < -0.39 is 0 Å². The second kappa shape index (κ2) is 7.38. The summed E-state index contributed by atoms with van der Waals surface area (Å²) in [6.45, 7) is 17.3. The molecule has 0 amide bonds. The van der Waals surface area contributed by atoms with Crippen LogP contribution in [0.1, 0.15) is 48.6 Å². The van der Waals surface area contributed by atoms with Crippen LogP contribution < -0.4 is 4.57 Å². The highest BCUT2D eigenvalue weighted by molar-refractivity contribution is 5.91. The first kappa shape index (κ1) is 20.1. The number of rotatable bonds is 2. The molecule has 0 bridgehead atoms. The number of benzene rings is 2. The molecule has 0 aliphatic rings. The third kappa shape index (κ3) is 3.94. The van der Waals surface area contributed by atoms with E-state index >= 15 is 0 Å². The highest BCUT2D eigenvalue weighted by atomic mass is 15.2. The van der Waals surface area contributed by atoms with Gasteiger partial charge in [0.05, 0.1) is 11.4 Å². The van der Waals surface area contributed by atoms with Crippen molar-refractivity contribution >= 4 is 11.5 Å². The number of hydrogen-bond acceptors (Lipinski definition) is 1. The van der Waals surface area contributed by atoms with Crippen LogP contribution >= 0.6 is 0 Å². The van der Waals surface area contributed by atoms with Crippen molar-refractivity contribution in [3.8, 4) is 5.69 Å². The Morgan fingerprint density at radius 2 is 1.50 bits per heavy atom. The van der Waals surface area contributed by atoms with Crippen molar-refractivity contribution < 1.29 is 4.57 Å². The van der Waals surface area contributed by atoms with Gasteiger partial charge >= 0.3 is 0 Å². The van der Waals surface area contributed by atoms with Gasteiger partial charge in [0.2, 0.25) is 0 Å². The van der Waals surface area contributed by atoms with Gasteiger partial charge in [0.25, 0.3) is 6.33 Å². The summed E-state index contributed by atoms with van der Waals surface area (Å²) >= 11 is 0. The lowest BCUT2D eigenvalue weighted by Gasteiger charge is -2.22. The zero-order valence-electron chi connectivity index (χ0n) is 18.4. The molecule has 0 aliphatic carbocycles. The topological polar surface area (TPSA) is 21.2 Å². The molecule has 1 heterocycles. The lowest BCUT2D eigenvalue weighted by molar-refractivity contribution is -0.600. The first-order valence-electron chi connectivity index (χ1n) is 9.84. The van der Waals surface area contributed by atoms with Gasteiger partial charge in [-0.15, -0.1) is 0 Å². The molecule has 0 atom stereocenters. The average Bonchev–Trinajstić information content (AvgIpc) is 3.01. The summed E-state index contributed by atoms with van der Waals surface area (Å²) in [6, 6.07) is 10.8. The smallest absolute Gasteiger partial charge is 0.269 e. The quantitative estimate of drug-likeness (QED) is 0.237. The molecule has 0 saturated carbocycles. The van der Waals surface area contributed by atoms with Crippen molar-refractivity contribution in [3.63, 3.8) is 0 Å². The first-order chi connectivity index (χ1) is 13.1. The van der Waals surface area contributed by atoms with Gasteiger partial charge in [0.15, 0.2) is 0 Å². The monoisotopic (exact) mass is 373 g/mol. The second-order valence-corrected chi connectivity index (χ2v) is 8.81. The van der Waals surface area contributed by atoms with Crippen molar-refractivity contribution in [2.75, 3.05) is 0 Å². The van der Waals surface area contributed by atoms with Gasteiger partial charge in [-0.1, -0.05) is 56.7 Å². The number of para-hydroxylation sites is 1. The minimum absolute atomic E-state index is 0.126. The van der Waals surface area contributed by atoms with Gasteiger partial charge in [-0.05, 0) is 56.9 Å². The van der Waals surface area contributed by atoms with Crippen LogP contribution in [0.3, 0.4) is 0 Å². The second-order valence-electron chi connectivity index (χ2n) is 8.81. The number of aryl methyl sites for hydroxylation is 5. The molecule has 0 saturated heterocycles. The summed E-state index contributed by atoms with van der Waals surface area (Å²) in [5.74, 6) is 0.978. The summed E-state index contributed by atoms with van der Waals surface area (Å²) < 4.78 is 4.11. The van der Waals surface area contributed by atoms with Crippen LogP contribution in [0, 0.1) is 46.4 Å². The van der Waals surface area contributed by atoms with E-state index in [1.807, 2.05) is 4.57 Å². The molecule has 0 fully saturated rings. The fourth-order valence-corrected chi connectivity index (χ4v) is 3.78. The molecule has 0 unspecified atom stereocenters. The van der Waals surface area contributed by atoms with Crippen LogP contribution in [-0.2, 0) is 0 Å². The maximum atomic E-state index is 5.10. The van der Waals surface area contributed by atoms with Crippen molar-refractivity contribution in [1.29, 1.82) is 0 Å². The normalized spacial score (nSPS) is 12.5. The molecule has 3 nitrogen and oxygen atoms in total. The van der Waals surface area contributed by atoms with Crippen LogP contribution in [0.25, 0.3) is 5.69 Å². The van der Waals surface area contributed by atoms with Crippen molar-refractivity contribution in [2.24, 2.45) is 10.4 Å². The van der Waals surface area contributed by atoms with Gasteiger partial charge in [-0.3, -0.25) is 14.1 Å². The molecular formula is C25H31N3. The summed E-state index contributed by atoms with van der Waals surface area (Å²) in [7, 11) is 0. The highest BCUT2D eigenvalue weighted by Gasteiger charge is 2.23. The lowest BCUT2D eigenvalue weighted by Crippen LogP contribution is -2.33. The summed E-state index contributed by atoms with van der Waals surface area (Å²) in [5, 5.41) is 0. The molecule has 28 heavy (non-hydrogen) atoms. The Hall–Kier alpha value is -2.68. The zero-order chi connectivity index (χ0) is 20.6. The molecule has 3 aromatic rings. The van der Waals surface area contributed by atoms with Crippen molar-refractivity contribution in [1.82, 2.24) is 4.57 Å². The summed E-state index contributed by atoms with van der Waals surface area (Å²) in [6.07, 6.45) is 7.62. The fourth-order valence-electron chi connectivity index (χ4n) is 3.78. The minimum atomic E-state index is -0.126. The number of imidazole rings is 1. The van der Waals surface area contributed by atoms with Crippen molar-refractivity contribution in [3.05, 3.63) is 76.9 Å². The molecule has 0 aliphatic heterocycles. The molecule has 3 rings (SSSR count). The lowest BCUT2D eigenvalue weighted by atomic mass is 9.94. The Morgan fingerprint density at radius 1 is 0.929 bits per heavy atom. The van der Waals surface area contributed by atoms with Gasteiger partial charge in [0.1, 0.15) is 5.84 Å². The number of aromatic nitrogens is 2. The van der Waals surface area contributed by atoms with E-state index in [0.717, 1.165) is 11.5 Å². The third-order valence-corrected chi connectivity index (χ3v) is 5.01. The van der Waals surface area contributed by atoms with Crippen molar-refractivity contribution in [2.45, 2.75) is 55.4 Å². The van der Waals surface area contributed by atoms with E-state index in [1.54, 1.807) is 0 Å². The first-order valence-corrected chi connectivity index (χ1v) is 9.84. The Labute approximate surface area is 169 Å². The minimum Gasteiger partial charge on any atom is -0.298 e. The molecule has 3 heteroatoms. The molecule has 2 aromatic carbocycles. The molecule has 0 spiro atoms. The van der Waals surface area contributed by atoms with E-state index in [0.29, 0.717) is 0 Å². The molecular weight excluding hydrogens is 342 g/mol. The Morgan fingerprint density at radius 3 is 2.04 bits per heavy atom. The van der Waals surface area contributed by atoms with E-state index in [9.17, 15) is 0 Å². The Balaban J connectivity index is 2.14. The maximum Gasteiger partial charge on any atom is 0.269 e. The molecule has 1 aromatic heterocycles. The van der Waals surface area contributed by atoms with Gasteiger partial charge < -0.3 is 0 Å². The zero-order valence-corrected chi connectivity index (χ0v) is 18.4. The molecule has 0 N–H and O–H groups in total. The van der Waals surface area contributed by atoms with Crippen LogP contribution in [0.5, 0.6) is 0 Å². The molecule has 146 valence electrons. The van der Waals surface area contributed by atoms with Gasteiger partial charge in [-0.25, -0.2) is 0 Å². The summed E-state index contributed by atoms with van der Waals surface area (Å²) in [4.78, 5) is 5.10. The number of nitrogens with zero attached hydrogens (tertiary/aromatic N) is 3. The fraction of sp³-hybridized carbons (Fsp3) is 0.360. The number of hydrogen-bond donors (Lipinski definition) is 0. The third-order valence-electron chi connectivity index (χ3n) is 5.01. The predicted octanol–water partition coefficient (Wildman–Crippen LogP) is 5.73. The standard InChI is InChI=1S/C25H31N3/c1-17-14-20(4)23(21(5)15-17)27-12-13-28(16-27)24(25(6,7)8)26-22-18(2)10-9-11-19(22)3/h9-15H,1-8H3.